The van der Waals surface area contributed by atoms with Crippen molar-refractivity contribution in [1.29, 1.82) is 0 Å². The fraction of sp³-hybridized carbons (Fsp3) is 0.310. The van der Waals surface area contributed by atoms with Crippen LogP contribution in [0.25, 0.3) is 0 Å². The van der Waals surface area contributed by atoms with Gasteiger partial charge in [0.05, 0.1) is 17.7 Å². The highest BCUT2D eigenvalue weighted by atomic mass is 35.5. The van der Waals surface area contributed by atoms with Crippen molar-refractivity contribution in [3.8, 4) is 5.75 Å². The van der Waals surface area contributed by atoms with Gasteiger partial charge in [-0.25, -0.2) is 8.42 Å². The second-order valence-corrected chi connectivity index (χ2v) is 11.8. The quantitative estimate of drug-likeness (QED) is 0.258. The molecule has 0 fully saturated rings. The van der Waals surface area contributed by atoms with E-state index in [-0.39, 0.29) is 33.8 Å². The second-order valence-electron chi connectivity index (χ2n) is 9.11. The molecule has 0 aliphatic carbocycles. The molecule has 0 radical (unpaired) electrons. The molecule has 0 heterocycles. The van der Waals surface area contributed by atoms with E-state index in [9.17, 15) is 18.0 Å². The first-order valence-electron chi connectivity index (χ1n) is 12.8. The van der Waals surface area contributed by atoms with Gasteiger partial charge in [0.15, 0.2) is 0 Å². The molecule has 2 amide bonds. The van der Waals surface area contributed by atoms with Crippen LogP contribution in [0.3, 0.4) is 0 Å². The van der Waals surface area contributed by atoms with Crippen molar-refractivity contribution in [3.05, 3.63) is 88.4 Å². The molecule has 8 nitrogen and oxygen atoms in total. The lowest BCUT2D eigenvalue weighted by Gasteiger charge is -2.32. The molecule has 0 aliphatic heterocycles. The van der Waals surface area contributed by atoms with Crippen LogP contribution in [0.4, 0.5) is 5.69 Å². The smallest absolute Gasteiger partial charge is 0.264 e. The molecule has 0 spiro atoms. The molecule has 0 saturated heterocycles. The molecule has 214 valence electrons. The number of hydrogen-bond donors (Lipinski definition) is 1. The van der Waals surface area contributed by atoms with Gasteiger partial charge >= 0.3 is 0 Å². The van der Waals surface area contributed by atoms with Crippen LogP contribution in [-0.4, -0.2) is 51.4 Å². The van der Waals surface area contributed by atoms with Crippen LogP contribution in [0, 0.1) is 0 Å². The minimum atomic E-state index is -4.24. The monoisotopic (exact) mass is 605 g/mol. The van der Waals surface area contributed by atoms with E-state index in [0.29, 0.717) is 11.6 Å². The summed E-state index contributed by atoms with van der Waals surface area (Å²) >= 11 is 12.3. The number of amides is 2. The van der Waals surface area contributed by atoms with E-state index < -0.39 is 28.5 Å². The topological polar surface area (TPSA) is 96.0 Å². The Hall–Kier alpha value is -3.27. The molecular formula is C29H33Cl2N3O5S. The number of anilines is 1. The summed E-state index contributed by atoms with van der Waals surface area (Å²) in [5.41, 5.74) is 0.822. The molecule has 1 unspecified atom stereocenters. The first-order chi connectivity index (χ1) is 19.1. The van der Waals surface area contributed by atoms with Crippen molar-refractivity contribution in [2.45, 2.75) is 44.2 Å². The zero-order valence-corrected chi connectivity index (χ0v) is 25.0. The zero-order chi connectivity index (χ0) is 29.3. The van der Waals surface area contributed by atoms with Gasteiger partial charge in [-0.15, -0.1) is 0 Å². The van der Waals surface area contributed by atoms with Crippen molar-refractivity contribution in [3.63, 3.8) is 0 Å². The Labute approximate surface area is 245 Å². The lowest BCUT2D eigenvalue weighted by molar-refractivity contribution is -0.139. The molecule has 3 aromatic carbocycles. The van der Waals surface area contributed by atoms with Crippen molar-refractivity contribution in [1.82, 2.24) is 10.2 Å². The summed E-state index contributed by atoms with van der Waals surface area (Å²) in [6.07, 6.45) is 1.69. The maximum atomic E-state index is 14.0. The van der Waals surface area contributed by atoms with Crippen LogP contribution in [-0.2, 0) is 26.2 Å². The van der Waals surface area contributed by atoms with Crippen LogP contribution in [0.5, 0.6) is 5.75 Å². The summed E-state index contributed by atoms with van der Waals surface area (Å²) in [7, 11) is -2.84. The SMILES string of the molecule is CCCCNC(=O)C(C)N(Cc1ccc(Cl)cc1)C(=O)CN(c1cc(Cl)ccc1OC)S(=O)(=O)c1ccccc1. The molecule has 1 atom stereocenters. The average molecular weight is 607 g/mol. The zero-order valence-electron chi connectivity index (χ0n) is 22.6. The summed E-state index contributed by atoms with van der Waals surface area (Å²) in [6, 6.07) is 18.3. The second kappa shape index (κ2) is 14.4. The van der Waals surface area contributed by atoms with Gasteiger partial charge in [0.2, 0.25) is 11.8 Å². The Bertz CT molecular complexity index is 1400. The van der Waals surface area contributed by atoms with E-state index in [2.05, 4.69) is 5.32 Å². The number of halogens is 2. The van der Waals surface area contributed by atoms with Crippen molar-refractivity contribution in [2.75, 3.05) is 24.5 Å². The van der Waals surface area contributed by atoms with Gasteiger partial charge in [-0.2, -0.15) is 0 Å². The normalized spacial score (nSPS) is 11.9. The standard InChI is InChI=1S/C29H33Cl2N3O5S/c1-4-5-17-32-29(36)21(2)33(19-22-11-13-23(30)14-12-22)28(35)20-34(26-18-24(31)15-16-27(26)39-3)40(37,38)25-9-7-6-8-10-25/h6-16,18,21H,4-5,17,19-20H2,1-3H3,(H,32,36). The predicted octanol–water partition coefficient (Wildman–Crippen LogP) is 5.53. The number of unbranched alkanes of at least 4 members (excludes halogenated alkanes) is 1. The van der Waals surface area contributed by atoms with Crippen LogP contribution < -0.4 is 14.4 Å². The molecule has 0 aromatic heterocycles. The number of benzene rings is 3. The lowest BCUT2D eigenvalue weighted by atomic mass is 10.1. The van der Waals surface area contributed by atoms with Crippen LogP contribution in [0.1, 0.15) is 32.3 Å². The molecular weight excluding hydrogens is 573 g/mol. The molecule has 40 heavy (non-hydrogen) atoms. The number of nitrogens with one attached hydrogen (secondary N) is 1. The van der Waals surface area contributed by atoms with Crippen molar-refractivity contribution < 1.29 is 22.7 Å². The fourth-order valence-corrected chi connectivity index (χ4v) is 5.73. The van der Waals surface area contributed by atoms with E-state index in [1.165, 1.54) is 36.3 Å². The molecule has 0 saturated carbocycles. The van der Waals surface area contributed by atoms with E-state index in [0.717, 1.165) is 22.7 Å². The van der Waals surface area contributed by atoms with Gasteiger partial charge in [0.25, 0.3) is 10.0 Å². The van der Waals surface area contributed by atoms with Gasteiger partial charge in [0.1, 0.15) is 18.3 Å². The highest BCUT2D eigenvalue weighted by Gasteiger charge is 2.33. The van der Waals surface area contributed by atoms with Gasteiger partial charge in [-0.1, -0.05) is 66.9 Å². The summed E-state index contributed by atoms with van der Waals surface area (Å²) < 4.78 is 34.2. The molecule has 0 bridgehead atoms. The minimum Gasteiger partial charge on any atom is -0.495 e. The van der Waals surface area contributed by atoms with Crippen LogP contribution in [0.15, 0.2) is 77.7 Å². The first kappa shape index (κ1) is 31.3. The van der Waals surface area contributed by atoms with E-state index in [1.54, 1.807) is 55.5 Å². The Morgan fingerprint density at radius 1 is 0.975 bits per heavy atom. The van der Waals surface area contributed by atoms with E-state index in [1.807, 2.05) is 6.92 Å². The van der Waals surface area contributed by atoms with Crippen molar-refractivity contribution >= 4 is 50.7 Å². The van der Waals surface area contributed by atoms with Gasteiger partial charge in [-0.3, -0.25) is 13.9 Å². The fourth-order valence-electron chi connectivity index (χ4n) is 4.00. The minimum absolute atomic E-state index is 0.0144. The third-order valence-corrected chi connectivity index (χ3v) is 8.54. The Balaban J connectivity index is 2.05. The highest BCUT2D eigenvalue weighted by Crippen LogP contribution is 2.35. The maximum absolute atomic E-state index is 14.0. The Morgan fingerprint density at radius 3 is 2.25 bits per heavy atom. The number of ether oxygens (including phenoxy) is 1. The number of carbonyl (C=O) groups excluding carboxylic acids is 2. The predicted molar refractivity (Wildman–Crippen MR) is 158 cm³/mol. The number of methoxy groups -OCH3 is 1. The third kappa shape index (κ3) is 7.90. The molecule has 1 N–H and O–H groups in total. The average Bonchev–Trinajstić information content (AvgIpc) is 2.95. The van der Waals surface area contributed by atoms with Gasteiger partial charge < -0.3 is 15.0 Å². The summed E-state index contributed by atoms with van der Waals surface area (Å²) in [6.45, 7) is 3.55. The molecule has 11 heteroatoms. The summed E-state index contributed by atoms with van der Waals surface area (Å²) in [5, 5.41) is 3.65. The number of nitrogens with zero attached hydrogens (tertiary/aromatic N) is 2. The Morgan fingerprint density at radius 2 is 1.62 bits per heavy atom. The lowest BCUT2D eigenvalue weighted by Crippen LogP contribution is -2.51. The first-order valence-corrected chi connectivity index (χ1v) is 15.0. The van der Waals surface area contributed by atoms with Crippen LogP contribution in [0.2, 0.25) is 10.0 Å². The van der Waals surface area contributed by atoms with Gasteiger partial charge in [0, 0.05) is 23.1 Å². The van der Waals surface area contributed by atoms with E-state index >= 15 is 0 Å². The third-order valence-electron chi connectivity index (χ3n) is 6.28. The maximum Gasteiger partial charge on any atom is 0.264 e. The molecule has 0 aliphatic rings. The largest absolute Gasteiger partial charge is 0.495 e. The molecule has 3 rings (SSSR count). The van der Waals surface area contributed by atoms with Gasteiger partial charge in [-0.05, 0) is 61.4 Å². The number of carbonyl (C=O) groups is 2. The number of rotatable bonds is 13. The Kier molecular flexibility index (Phi) is 11.2. The summed E-state index contributed by atoms with van der Waals surface area (Å²) in [4.78, 5) is 28.4. The number of hydrogen-bond acceptors (Lipinski definition) is 5. The summed E-state index contributed by atoms with van der Waals surface area (Å²) in [5.74, 6) is -0.713. The molecule has 3 aromatic rings. The number of sulfonamides is 1. The highest BCUT2D eigenvalue weighted by molar-refractivity contribution is 7.92. The van der Waals surface area contributed by atoms with Crippen molar-refractivity contribution in [2.24, 2.45) is 0 Å². The van der Waals surface area contributed by atoms with E-state index in [4.69, 9.17) is 27.9 Å². The van der Waals surface area contributed by atoms with Crippen LogP contribution >= 0.6 is 23.2 Å².